The van der Waals surface area contributed by atoms with Crippen LogP contribution in [0, 0.1) is 6.92 Å². The maximum atomic E-state index is 11.8. The van der Waals surface area contributed by atoms with E-state index in [9.17, 15) is 4.79 Å². The first kappa shape index (κ1) is 13.4. The van der Waals surface area contributed by atoms with Crippen LogP contribution in [0.4, 0.5) is 0 Å². The molecule has 0 aliphatic heterocycles. The molecule has 100 valence electrons. The number of carbonyl (C=O) groups is 1. The molecule has 0 unspecified atom stereocenters. The molecule has 1 heterocycles. The summed E-state index contributed by atoms with van der Waals surface area (Å²) in [4.78, 5) is 11.8. The van der Waals surface area contributed by atoms with E-state index in [2.05, 4.69) is 28.9 Å². The Balaban J connectivity index is 1.79. The minimum absolute atomic E-state index is 0.101. The summed E-state index contributed by atoms with van der Waals surface area (Å²) in [6.45, 7) is 2.67. The maximum absolute atomic E-state index is 11.8. The molecule has 0 aliphatic rings. The van der Waals surface area contributed by atoms with E-state index in [-0.39, 0.29) is 5.91 Å². The first-order chi connectivity index (χ1) is 9.16. The van der Waals surface area contributed by atoms with E-state index in [1.165, 1.54) is 16.8 Å². The van der Waals surface area contributed by atoms with Gasteiger partial charge >= 0.3 is 0 Å². The number of nitrogens with one attached hydrogen (secondary N) is 1. The molecule has 1 amide bonds. The average molecular weight is 256 g/mol. The van der Waals surface area contributed by atoms with E-state index >= 15 is 0 Å². The largest absolute Gasteiger partial charge is 0.354 e. The molecule has 0 saturated heterocycles. The van der Waals surface area contributed by atoms with Crippen molar-refractivity contribution < 1.29 is 4.79 Å². The van der Waals surface area contributed by atoms with Crippen LogP contribution in [0.25, 0.3) is 0 Å². The lowest BCUT2D eigenvalue weighted by Gasteiger charge is -2.08. The number of nitrogens with zero attached hydrogens (tertiary/aromatic N) is 1. The van der Waals surface area contributed by atoms with Crippen molar-refractivity contribution in [3.8, 4) is 0 Å². The normalized spacial score (nSPS) is 10.4. The predicted molar refractivity (Wildman–Crippen MR) is 76.8 cm³/mol. The highest BCUT2D eigenvalue weighted by Crippen LogP contribution is 2.07. The number of amides is 1. The Morgan fingerprint density at radius 2 is 2.00 bits per heavy atom. The summed E-state index contributed by atoms with van der Waals surface area (Å²) in [5.41, 5.74) is 3.57. The summed E-state index contributed by atoms with van der Waals surface area (Å²) < 4.78 is 2.05. The van der Waals surface area contributed by atoms with Crippen molar-refractivity contribution in [1.29, 1.82) is 0 Å². The van der Waals surface area contributed by atoms with Gasteiger partial charge in [-0.1, -0.05) is 24.3 Å². The predicted octanol–water partition coefficient (Wildman–Crippen LogP) is 2.58. The van der Waals surface area contributed by atoms with Crippen molar-refractivity contribution in [3.63, 3.8) is 0 Å². The molecule has 0 saturated carbocycles. The van der Waals surface area contributed by atoms with Gasteiger partial charge in [0.05, 0.1) is 0 Å². The third-order valence-electron chi connectivity index (χ3n) is 3.40. The Kier molecular flexibility index (Phi) is 4.39. The molecule has 0 spiro atoms. The van der Waals surface area contributed by atoms with Crippen LogP contribution < -0.4 is 5.32 Å². The number of aromatic nitrogens is 1. The lowest BCUT2D eigenvalue weighted by Crippen LogP contribution is -2.23. The highest BCUT2D eigenvalue weighted by Gasteiger charge is 2.05. The van der Waals surface area contributed by atoms with Crippen LogP contribution in [0.1, 0.15) is 23.2 Å². The molecule has 0 bridgehead atoms. The van der Waals surface area contributed by atoms with Gasteiger partial charge in [0, 0.05) is 31.9 Å². The van der Waals surface area contributed by atoms with Gasteiger partial charge in [-0.15, -0.1) is 0 Å². The lowest BCUT2D eigenvalue weighted by atomic mass is 10.1. The topological polar surface area (TPSA) is 34.0 Å². The van der Waals surface area contributed by atoms with Gasteiger partial charge < -0.3 is 9.88 Å². The fourth-order valence-electron chi connectivity index (χ4n) is 2.09. The van der Waals surface area contributed by atoms with E-state index in [0.29, 0.717) is 13.0 Å². The van der Waals surface area contributed by atoms with E-state index in [4.69, 9.17) is 0 Å². The third-order valence-corrected chi connectivity index (χ3v) is 3.40. The van der Waals surface area contributed by atoms with E-state index < -0.39 is 0 Å². The van der Waals surface area contributed by atoms with Crippen LogP contribution in [-0.4, -0.2) is 10.5 Å². The highest BCUT2D eigenvalue weighted by molar-refractivity contribution is 5.76. The van der Waals surface area contributed by atoms with Crippen molar-refractivity contribution in [2.24, 2.45) is 7.05 Å². The second-order valence-electron chi connectivity index (χ2n) is 4.81. The minimum Gasteiger partial charge on any atom is -0.354 e. The zero-order valence-electron chi connectivity index (χ0n) is 11.5. The lowest BCUT2D eigenvalue weighted by molar-refractivity contribution is -0.121. The third kappa shape index (κ3) is 3.71. The van der Waals surface area contributed by atoms with Crippen molar-refractivity contribution in [2.75, 3.05) is 0 Å². The van der Waals surface area contributed by atoms with Crippen LogP contribution in [-0.2, 0) is 24.8 Å². The van der Waals surface area contributed by atoms with Crippen molar-refractivity contribution in [3.05, 3.63) is 59.4 Å². The Morgan fingerprint density at radius 1 is 1.21 bits per heavy atom. The van der Waals surface area contributed by atoms with E-state index in [1.54, 1.807) is 0 Å². The Hall–Kier alpha value is -2.03. The fourth-order valence-corrected chi connectivity index (χ4v) is 2.09. The SMILES string of the molecule is Cc1ccccc1CNC(=O)CCc1cccn1C. The van der Waals surface area contributed by atoms with Gasteiger partial charge in [-0.25, -0.2) is 0 Å². The number of rotatable bonds is 5. The Morgan fingerprint density at radius 3 is 2.68 bits per heavy atom. The van der Waals surface area contributed by atoms with Crippen molar-refractivity contribution in [1.82, 2.24) is 9.88 Å². The number of benzene rings is 1. The van der Waals surface area contributed by atoms with E-state index in [1.807, 2.05) is 37.5 Å². The zero-order chi connectivity index (χ0) is 13.7. The van der Waals surface area contributed by atoms with Gasteiger partial charge in [-0.2, -0.15) is 0 Å². The molecule has 1 aromatic heterocycles. The first-order valence-electron chi connectivity index (χ1n) is 6.58. The van der Waals surface area contributed by atoms with Gasteiger partial charge in [0.2, 0.25) is 5.91 Å². The van der Waals surface area contributed by atoms with Gasteiger partial charge in [0.1, 0.15) is 0 Å². The Bertz CT molecular complexity index is 557. The summed E-state index contributed by atoms with van der Waals surface area (Å²) in [5.74, 6) is 0.101. The van der Waals surface area contributed by atoms with Crippen LogP contribution in [0.2, 0.25) is 0 Å². The summed E-state index contributed by atoms with van der Waals surface area (Å²) in [5, 5.41) is 2.97. The second-order valence-corrected chi connectivity index (χ2v) is 4.81. The number of hydrogen-bond donors (Lipinski definition) is 1. The zero-order valence-corrected chi connectivity index (χ0v) is 11.5. The minimum atomic E-state index is 0.101. The first-order valence-corrected chi connectivity index (χ1v) is 6.58. The quantitative estimate of drug-likeness (QED) is 0.876. The molecule has 3 nitrogen and oxygen atoms in total. The summed E-state index contributed by atoms with van der Waals surface area (Å²) in [6.07, 6.45) is 3.31. The standard InChI is InChI=1S/C16H20N2O/c1-13-6-3-4-7-14(13)12-17-16(19)10-9-15-8-5-11-18(15)2/h3-8,11H,9-10,12H2,1-2H3,(H,17,19). The number of aryl methyl sites for hydroxylation is 3. The average Bonchev–Trinajstić information content (AvgIpc) is 2.81. The van der Waals surface area contributed by atoms with Gasteiger partial charge in [0.25, 0.3) is 0 Å². The molecule has 19 heavy (non-hydrogen) atoms. The molecule has 0 aliphatic carbocycles. The van der Waals surface area contributed by atoms with Gasteiger partial charge in [-0.05, 0) is 36.6 Å². The van der Waals surface area contributed by atoms with E-state index in [0.717, 1.165) is 6.42 Å². The molecule has 1 aromatic carbocycles. The summed E-state index contributed by atoms with van der Waals surface area (Å²) in [7, 11) is 2.00. The maximum Gasteiger partial charge on any atom is 0.220 e. The van der Waals surface area contributed by atoms with Crippen LogP contribution >= 0.6 is 0 Å². The highest BCUT2D eigenvalue weighted by atomic mass is 16.1. The number of hydrogen-bond acceptors (Lipinski definition) is 1. The van der Waals surface area contributed by atoms with Crippen LogP contribution in [0.3, 0.4) is 0 Å². The molecular weight excluding hydrogens is 236 g/mol. The van der Waals surface area contributed by atoms with Crippen LogP contribution in [0.5, 0.6) is 0 Å². The van der Waals surface area contributed by atoms with Crippen molar-refractivity contribution >= 4 is 5.91 Å². The van der Waals surface area contributed by atoms with Crippen LogP contribution in [0.15, 0.2) is 42.6 Å². The molecule has 0 radical (unpaired) electrons. The monoisotopic (exact) mass is 256 g/mol. The molecule has 1 N–H and O–H groups in total. The molecule has 0 fully saturated rings. The molecule has 2 aromatic rings. The van der Waals surface area contributed by atoms with Crippen molar-refractivity contribution in [2.45, 2.75) is 26.3 Å². The smallest absolute Gasteiger partial charge is 0.220 e. The van der Waals surface area contributed by atoms with Gasteiger partial charge in [-0.3, -0.25) is 4.79 Å². The number of carbonyl (C=O) groups excluding carboxylic acids is 1. The summed E-state index contributed by atoms with van der Waals surface area (Å²) >= 11 is 0. The molecule has 2 rings (SSSR count). The Labute approximate surface area is 114 Å². The molecular formula is C16H20N2O. The second kappa shape index (κ2) is 6.23. The fraction of sp³-hybridized carbons (Fsp3) is 0.312. The van der Waals surface area contributed by atoms with Gasteiger partial charge in [0.15, 0.2) is 0 Å². The summed E-state index contributed by atoms with van der Waals surface area (Å²) in [6, 6.07) is 12.2. The molecule has 0 atom stereocenters. The molecule has 3 heteroatoms.